The fourth-order valence-corrected chi connectivity index (χ4v) is 2.51. The fourth-order valence-electron chi connectivity index (χ4n) is 2.51. The maximum atomic E-state index is 12.1. The van der Waals surface area contributed by atoms with Gasteiger partial charge in [-0.3, -0.25) is 4.90 Å². The number of para-hydroxylation sites is 2. The van der Waals surface area contributed by atoms with Gasteiger partial charge in [0.05, 0.1) is 0 Å². The molecular formula is C23H24N2O3. The van der Waals surface area contributed by atoms with E-state index in [-0.39, 0.29) is 6.09 Å². The van der Waals surface area contributed by atoms with Crippen molar-refractivity contribution in [1.29, 1.82) is 0 Å². The molecule has 144 valence electrons. The van der Waals surface area contributed by atoms with Crippen LogP contribution in [0.1, 0.15) is 32.2 Å². The summed E-state index contributed by atoms with van der Waals surface area (Å²) in [6, 6.07) is 15.3. The Bertz CT molecular complexity index is 975. The van der Waals surface area contributed by atoms with Crippen LogP contribution in [-0.2, 0) is 4.74 Å². The Labute approximate surface area is 164 Å². The summed E-state index contributed by atoms with van der Waals surface area (Å²) >= 11 is 0. The second kappa shape index (κ2) is 8.13. The summed E-state index contributed by atoms with van der Waals surface area (Å²) in [4.78, 5) is 18.0. The zero-order chi connectivity index (χ0) is 20.1. The molecule has 0 spiro atoms. The second-order valence-electron chi connectivity index (χ2n) is 7.37. The zero-order valence-electron chi connectivity index (χ0n) is 16.5. The molecule has 0 saturated carbocycles. The third-order valence-electron chi connectivity index (χ3n) is 3.90. The van der Waals surface area contributed by atoms with E-state index >= 15 is 0 Å². The third-order valence-corrected chi connectivity index (χ3v) is 3.90. The summed E-state index contributed by atoms with van der Waals surface area (Å²) < 4.78 is 11.0. The Kier molecular flexibility index (Phi) is 5.64. The van der Waals surface area contributed by atoms with Gasteiger partial charge in [-0.2, -0.15) is 0 Å². The SMILES string of the molecule is CN(C(=O)OC(C)(C)C)c1ccc(/C=C/C=C/c2nc3ccccc3o2)cc1. The quantitative estimate of drug-likeness (QED) is 0.530. The van der Waals surface area contributed by atoms with Crippen molar-refractivity contribution in [3.05, 3.63) is 72.1 Å². The molecule has 3 rings (SSSR count). The summed E-state index contributed by atoms with van der Waals surface area (Å²) in [5.41, 5.74) is 2.89. The maximum absolute atomic E-state index is 12.1. The van der Waals surface area contributed by atoms with Crippen LogP contribution < -0.4 is 4.90 Å². The van der Waals surface area contributed by atoms with Crippen molar-refractivity contribution in [2.45, 2.75) is 26.4 Å². The number of benzene rings is 2. The Balaban J connectivity index is 1.61. The lowest BCUT2D eigenvalue weighted by Crippen LogP contribution is -2.34. The summed E-state index contributed by atoms with van der Waals surface area (Å²) in [5.74, 6) is 0.570. The van der Waals surface area contributed by atoms with Gasteiger partial charge < -0.3 is 9.15 Å². The van der Waals surface area contributed by atoms with Gasteiger partial charge in [0.25, 0.3) is 0 Å². The Hall–Kier alpha value is -3.34. The van der Waals surface area contributed by atoms with Crippen LogP contribution in [0, 0.1) is 0 Å². The van der Waals surface area contributed by atoms with Gasteiger partial charge in [-0.25, -0.2) is 9.78 Å². The van der Waals surface area contributed by atoms with Gasteiger partial charge in [0, 0.05) is 18.8 Å². The molecule has 0 atom stereocenters. The standard InChI is InChI=1S/C23H24N2O3/c1-23(2,3)28-22(26)25(4)18-15-13-17(14-16-18)9-5-8-12-21-24-19-10-6-7-11-20(19)27-21/h5-16H,1-4H3/b9-5+,12-8+. The van der Waals surface area contributed by atoms with Crippen molar-refractivity contribution in [3.63, 3.8) is 0 Å². The number of carbonyl (C=O) groups excluding carboxylic acids is 1. The topological polar surface area (TPSA) is 55.6 Å². The highest BCUT2D eigenvalue weighted by atomic mass is 16.6. The number of nitrogens with zero attached hydrogens (tertiary/aromatic N) is 2. The lowest BCUT2D eigenvalue weighted by molar-refractivity contribution is 0.0589. The number of rotatable bonds is 4. The van der Waals surface area contributed by atoms with E-state index in [0.29, 0.717) is 5.89 Å². The van der Waals surface area contributed by atoms with Crippen LogP contribution >= 0.6 is 0 Å². The second-order valence-corrected chi connectivity index (χ2v) is 7.37. The van der Waals surface area contributed by atoms with Gasteiger partial charge in [0.15, 0.2) is 5.58 Å². The summed E-state index contributed by atoms with van der Waals surface area (Å²) in [6.07, 6.45) is 7.21. The van der Waals surface area contributed by atoms with Crippen LogP contribution in [0.2, 0.25) is 0 Å². The normalized spacial score (nSPS) is 12.1. The van der Waals surface area contributed by atoms with Crippen LogP contribution in [-0.4, -0.2) is 23.7 Å². The van der Waals surface area contributed by atoms with Crippen LogP contribution in [0.4, 0.5) is 10.5 Å². The van der Waals surface area contributed by atoms with E-state index in [1.807, 2.05) is 93.6 Å². The molecule has 0 saturated heterocycles. The molecule has 0 N–H and O–H groups in total. The molecule has 0 unspecified atom stereocenters. The maximum Gasteiger partial charge on any atom is 0.414 e. The third kappa shape index (κ3) is 5.10. The summed E-state index contributed by atoms with van der Waals surface area (Å²) in [6.45, 7) is 5.54. The average Bonchev–Trinajstić information content (AvgIpc) is 3.06. The molecule has 28 heavy (non-hydrogen) atoms. The zero-order valence-corrected chi connectivity index (χ0v) is 16.5. The van der Waals surface area contributed by atoms with E-state index in [2.05, 4.69) is 4.98 Å². The first-order chi connectivity index (χ1) is 13.3. The van der Waals surface area contributed by atoms with Gasteiger partial charge >= 0.3 is 6.09 Å². The minimum atomic E-state index is -0.519. The Morgan fingerprint density at radius 2 is 1.71 bits per heavy atom. The number of oxazole rings is 1. The summed E-state index contributed by atoms with van der Waals surface area (Å²) in [7, 11) is 1.70. The van der Waals surface area contributed by atoms with Crippen LogP contribution in [0.25, 0.3) is 23.3 Å². The Morgan fingerprint density at radius 3 is 2.39 bits per heavy atom. The van der Waals surface area contributed by atoms with Crippen molar-refractivity contribution in [2.75, 3.05) is 11.9 Å². The number of carbonyl (C=O) groups is 1. The van der Waals surface area contributed by atoms with Crippen molar-refractivity contribution < 1.29 is 13.9 Å². The number of ether oxygens (including phenoxy) is 1. The van der Waals surface area contributed by atoms with E-state index in [9.17, 15) is 4.79 Å². The number of hydrogen-bond acceptors (Lipinski definition) is 4. The van der Waals surface area contributed by atoms with Crippen molar-refractivity contribution >= 4 is 35.0 Å². The van der Waals surface area contributed by atoms with Crippen LogP contribution in [0.5, 0.6) is 0 Å². The minimum absolute atomic E-state index is 0.378. The van der Waals surface area contributed by atoms with Gasteiger partial charge in [0.2, 0.25) is 5.89 Å². The Morgan fingerprint density at radius 1 is 1.04 bits per heavy atom. The highest BCUT2D eigenvalue weighted by Crippen LogP contribution is 2.18. The minimum Gasteiger partial charge on any atom is -0.443 e. The van der Waals surface area contributed by atoms with E-state index in [4.69, 9.17) is 9.15 Å². The number of hydrogen-bond donors (Lipinski definition) is 0. The predicted molar refractivity (Wildman–Crippen MR) is 113 cm³/mol. The molecule has 0 radical (unpaired) electrons. The molecule has 3 aromatic rings. The van der Waals surface area contributed by atoms with Crippen LogP contribution in [0.15, 0.2) is 65.1 Å². The first-order valence-corrected chi connectivity index (χ1v) is 9.09. The number of anilines is 1. The van der Waals surface area contributed by atoms with Crippen molar-refractivity contribution in [3.8, 4) is 0 Å². The van der Waals surface area contributed by atoms with Gasteiger partial charge in [-0.05, 0) is 50.6 Å². The number of allylic oxidation sites excluding steroid dienone is 2. The summed E-state index contributed by atoms with van der Waals surface area (Å²) in [5, 5.41) is 0. The van der Waals surface area contributed by atoms with E-state index in [1.54, 1.807) is 7.05 Å². The average molecular weight is 376 g/mol. The molecule has 1 heterocycles. The molecular weight excluding hydrogens is 352 g/mol. The fraction of sp³-hybridized carbons (Fsp3) is 0.217. The molecule has 5 nitrogen and oxygen atoms in total. The van der Waals surface area contributed by atoms with E-state index < -0.39 is 5.60 Å². The van der Waals surface area contributed by atoms with Gasteiger partial charge in [-0.15, -0.1) is 0 Å². The number of amides is 1. The molecule has 0 aliphatic carbocycles. The van der Waals surface area contributed by atoms with Gasteiger partial charge in [-0.1, -0.05) is 42.5 Å². The molecule has 0 aliphatic rings. The first-order valence-electron chi connectivity index (χ1n) is 9.09. The predicted octanol–water partition coefficient (Wildman–Crippen LogP) is 5.93. The van der Waals surface area contributed by atoms with E-state index in [1.165, 1.54) is 4.90 Å². The number of fused-ring (bicyclic) bond motifs is 1. The largest absolute Gasteiger partial charge is 0.443 e. The molecule has 1 aromatic heterocycles. The van der Waals surface area contributed by atoms with Gasteiger partial charge in [0.1, 0.15) is 11.1 Å². The molecule has 1 amide bonds. The monoisotopic (exact) mass is 376 g/mol. The highest BCUT2D eigenvalue weighted by Gasteiger charge is 2.20. The highest BCUT2D eigenvalue weighted by molar-refractivity contribution is 5.87. The molecule has 0 fully saturated rings. The molecule has 2 aromatic carbocycles. The van der Waals surface area contributed by atoms with Crippen LogP contribution in [0.3, 0.4) is 0 Å². The smallest absolute Gasteiger partial charge is 0.414 e. The van der Waals surface area contributed by atoms with E-state index in [0.717, 1.165) is 22.4 Å². The van der Waals surface area contributed by atoms with Crippen molar-refractivity contribution in [2.24, 2.45) is 0 Å². The lowest BCUT2D eigenvalue weighted by atomic mass is 10.2. The molecule has 0 bridgehead atoms. The molecule has 5 heteroatoms. The first kappa shape index (κ1) is 19.4. The van der Waals surface area contributed by atoms with Crippen molar-refractivity contribution in [1.82, 2.24) is 4.98 Å². The molecule has 0 aliphatic heterocycles. The number of aromatic nitrogens is 1. The lowest BCUT2D eigenvalue weighted by Gasteiger charge is -2.24.